The predicted molar refractivity (Wildman–Crippen MR) is 114 cm³/mol. The van der Waals surface area contributed by atoms with Gasteiger partial charge in [0, 0.05) is 38.4 Å². The molecule has 1 saturated heterocycles. The first-order valence-electron chi connectivity index (χ1n) is 9.44. The Hall–Kier alpha value is -2.55. The van der Waals surface area contributed by atoms with Gasteiger partial charge in [0.1, 0.15) is 5.82 Å². The molecule has 0 aliphatic carbocycles. The summed E-state index contributed by atoms with van der Waals surface area (Å²) in [6.07, 6.45) is 0. The first-order chi connectivity index (χ1) is 13.7. The van der Waals surface area contributed by atoms with E-state index < -0.39 is 0 Å². The van der Waals surface area contributed by atoms with Gasteiger partial charge in [0.25, 0.3) is 0 Å². The summed E-state index contributed by atoms with van der Waals surface area (Å²) in [5.41, 5.74) is 9.43. The lowest BCUT2D eigenvalue weighted by Gasteiger charge is -2.34. The molecule has 3 aromatic rings. The van der Waals surface area contributed by atoms with Gasteiger partial charge in [0.15, 0.2) is 0 Å². The molecule has 1 aliphatic rings. The van der Waals surface area contributed by atoms with Gasteiger partial charge < -0.3 is 11.1 Å². The molecule has 1 fully saturated rings. The summed E-state index contributed by atoms with van der Waals surface area (Å²) in [7, 11) is 0. The van der Waals surface area contributed by atoms with Gasteiger partial charge in [-0.15, -0.1) is 0 Å². The fraction of sp³-hybridized carbons (Fsp3) is 0.350. The van der Waals surface area contributed by atoms with Crippen LogP contribution in [0, 0.1) is 6.92 Å². The number of aromatic nitrogens is 3. The minimum absolute atomic E-state index is 0.247. The van der Waals surface area contributed by atoms with Crippen molar-refractivity contribution in [3.05, 3.63) is 58.0 Å². The number of aryl methyl sites for hydroxylation is 1. The van der Waals surface area contributed by atoms with E-state index in [0.717, 1.165) is 44.0 Å². The zero-order valence-corrected chi connectivity index (χ0v) is 16.8. The van der Waals surface area contributed by atoms with E-state index >= 15 is 0 Å². The second kappa shape index (κ2) is 8.64. The number of anilines is 3. The van der Waals surface area contributed by atoms with E-state index in [1.165, 1.54) is 5.56 Å². The molecule has 146 valence electrons. The molecule has 0 spiro atoms. The van der Waals surface area contributed by atoms with E-state index in [4.69, 9.17) is 5.73 Å². The second-order valence-electron chi connectivity index (χ2n) is 7.06. The highest BCUT2D eigenvalue weighted by Crippen LogP contribution is 2.18. The highest BCUT2D eigenvalue weighted by Gasteiger charge is 2.19. The monoisotopic (exact) mass is 395 g/mol. The number of thiophene rings is 1. The Balaban J connectivity index is 1.36. The van der Waals surface area contributed by atoms with Gasteiger partial charge in [-0.05, 0) is 40.9 Å². The molecular weight excluding hydrogens is 370 g/mol. The highest BCUT2D eigenvalue weighted by molar-refractivity contribution is 7.07. The number of nitrogen functional groups attached to an aromatic ring is 1. The SMILES string of the molecule is Cc1ccccc1Nc1nc(N)nc(CN2CCN(Cc3ccsc3)CC2)n1. The topological polar surface area (TPSA) is 83.2 Å². The smallest absolute Gasteiger partial charge is 0.232 e. The summed E-state index contributed by atoms with van der Waals surface area (Å²) in [6, 6.07) is 10.2. The third-order valence-electron chi connectivity index (χ3n) is 4.91. The molecule has 3 heterocycles. The molecule has 0 amide bonds. The van der Waals surface area contributed by atoms with Gasteiger partial charge in [-0.25, -0.2) is 0 Å². The normalized spacial score (nSPS) is 15.6. The molecule has 0 atom stereocenters. The average Bonchev–Trinajstić information content (AvgIpc) is 3.18. The molecule has 4 rings (SSSR count). The van der Waals surface area contributed by atoms with Crippen LogP contribution in [0.25, 0.3) is 0 Å². The van der Waals surface area contributed by atoms with Gasteiger partial charge in [-0.2, -0.15) is 26.3 Å². The van der Waals surface area contributed by atoms with Crippen LogP contribution in [0.15, 0.2) is 41.1 Å². The molecular formula is C20H25N7S. The zero-order valence-electron chi connectivity index (χ0n) is 16.0. The van der Waals surface area contributed by atoms with Crippen molar-refractivity contribution < 1.29 is 0 Å². The Bertz CT molecular complexity index is 905. The maximum Gasteiger partial charge on any atom is 0.232 e. The quantitative estimate of drug-likeness (QED) is 0.664. The number of rotatable bonds is 6. The average molecular weight is 396 g/mol. The predicted octanol–water partition coefficient (Wildman–Crippen LogP) is 2.89. The summed E-state index contributed by atoms with van der Waals surface area (Å²) < 4.78 is 0. The van der Waals surface area contributed by atoms with E-state index in [-0.39, 0.29) is 5.95 Å². The maximum absolute atomic E-state index is 5.93. The molecule has 7 nitrogen and oxygen atoms in total. The van der Waals surface area contributed by atoms with E-state index in [9.17, 15) is 0 Å². The maximum atomic E-state index is 5.93. The summed E-state index contributed by atoms with van der Waals surface area (Å²) in [6.45, 7) is 7.84. The van der Waals surface area contributed by atoms with Crippen molar-refractivity contribution in [3.63, 3.8) is 0 Å². The molecule has 2 aromatic heterocycles. The minimum atomic E-state index is 0.247. The number of nitrogens with zero attached hydrogens (tertiary/aromatic N) is 5. The Labute approximate surface area is 169 Å². The number of nitrogens with two attached hydrogens (primary N) is 1. The fourth-order valence-electron chi connectivity index (χ4n) is 3.34. The van der Waals surface area contributed by atoms with Crippen LogP contribution in [-0.2, 0) is 13.1 Å². The summed E-state index contributed by atoms with van der Waals surface area (Å²) in [4.78, 5) is 18.0. The molecule has 28 heavy (non-hydrogen) atoms. The van der Waals surface area contributed by atoms with Crippen LogP contribution in [0.4, 0.5) is 17.6 Å². The lowest BCUT2D eigenvalue weighted by molar-refractivity contribution is 0.120. The van der Waals surface area contributed by atoms with Crippen molar-refractivity contribution in [2.45, 2.75) is 20.0 Å². The van der Waals surface area contributed by atoms with Crippen LogP contribution in [0.2, 0.25) is 0 Å². The lowest BCUT2D eigenvalue weighted by atomic mass is 10.2. The van der Waals surface area contributed by atoms with Gasteiger partial charge in [0.2, 0.25) is 11.9 Å². The van der Waals surface area contributed by atoms with Crippen molar-refractivity contribution in [1.82, 2.24) is 24.8 Å². The molecule has 0 saturated carbocycles. The summed E-state index contributed by atoms with van der Waals surface area (Å²) >= 11 is 1.76. The number of para-hydroxylation sites is 1. The van der Waals surface area contributed by atoms with Crippen LogP contribution in [0.5, 0.6) is 0 Å². The van der Waals surface area contributed by atoms with Crippen LogP contribution in [-0.4, -0.2) is 50.9 Å². The standard InChI is InChI=1S/C20H25N7S/c1-15-4-2-3-5-17(15)22-20-24-18(23-19(21)25-20)13-27-9-7-26(8-10-27)12-16-6-11-28-14-16/h2-6,11,14H,7-10,12-13H2,1H3,(H3,21,22,23,24,25). The Morgan fingerprint density at radius 2 is 1.75 bits per heavy atom. The highest BCUT2D eigenvalue weighted by atomic mass is 32.1. The number of nitrogens with one attached hydrogen (secondary N) is 1. The van der Waals surface area contributed by atoms with Crippen molar-refractivity contribution in [2.75, 3.05) is 37.2 Å². The van der Waals surface area contributed by atoms with Crippen molar-refractivity contribution in [1.29, 1.82) is 0 Å². The van der Waals surface area contributed by atoms with E-state index in [2.05, 4.69) is 46.9 Å². The number of hydrogen-bond acceptors (Lipinski definition) is 8. The van der Waals surface area contributed by atoms with Crippen molar-refractivity contribution in [3.8, 4) is 0 Å². The van der Waals surface area contributed by atoms with Gasteiger partial charge >= 0.3 is 0 Å². The van der Waals surface area contributed by atoms with Crippen LogP contribution >= 0.6 is 11.3 Å². The summed E-state index contributed by atoms with van der Waals surface area (Å²) in [5, 5.41) is 7.62. The van der Waals surface area contributed by atoms with Gasteiger partial charge in [0.05, 0.1) is 6.54 Å². The first-order valence-corrected chi connectivity index (χ1v) is 10.4. The molecule has 0 bridgehead atoms. The number of hydrogen-bond donors (Lipinski definition) is 2. The third kappa shape index (κ3) is 4.83. The second-order valence-corrected chi connectivity index (χ2v) is 7.84. The van der Waals surface area contributed by atoms with E-state index in [1.54, 1.807) is 11.3 Å². The molecule has 0 radical (unpaired) electrons. The Kier molecular flexibility index (Phi) is 5.80. The molecule has 8 heteroatoms. The van der Waals surface area contributed by atoms with Crippen LogP contribution in [0.1, 0.15) is 17.0 Å². The fourth-order valence-corrected chi connectivity index (χ4v) is 4.00. The van der Waals surface area contributed by atoms with E-state index in [1.807, 2.05) is 31.2 Å². The number of piperazine rings is 1. The van der Waals surface area contributed by atoms with Gasteiger partial charge in [-0.1, -0.05) is 18.2 Å². The molecule has 3 N–H and O–H groups in total. The minimum Gasteiger partial charge on any atom is -0.368 e. The van der Waals surface area contributed by atoms with Crippen molar-refractivity contribution in [2.24, 2.45) is 0 Å². The van der Waals surface area contributed by atoms with Crippen LogP contribution in [0.3, 0.4) is 0 Å². The third-order valence-corrected chi connectivity index (χ3v) is 5.64. The van der Waals surface area contributed by atoms with Crippen molar-refractivity contribution >= 4 is 28.9 Å². The van der Waals surface area contributed by atoms with Crippen LogP contribution < -0.4 is 11.1 Å². The molecule has 1 aliphatic heterocycles. The Morgan fingerprint density at radius 3 is 2.46 bits per heavy atom. The molecule has 0 unspecified atom stereocenters. The first kappa shape index (κ1) is 18.8. The molecule has 1 aromatic carbocycles. The van der Waals surface area contributed by atoms with E-state index in [0.29, 0.717) is 18.3 Å². The number of benzene rings is 1. The Morgan fingerprint density at radius 1 is 1.00 bits per heavy atom. The lowest BCUT2D eigenvalue weighted by Crippen LogP contribution is -2.45. The zero-order chi connectivity index (χ0) is 19.3. The summed E-state index contributed by atoms with van der Waals surface area (Å²) in [5.74, 6) is 1.44. The largest absolute Gasteiger partial charge is 0.368 e. The van der Waals surface area contributed by atoms with Gasteiger partial charge in [-0.3, -0.25) is 9.80 Å².